The van der Waals surface area contributed by atoms with Gasteiger partial charge in [-0.2, -0.15) is 11.8 Å². The van der Waals surface area contributed by atoms with Crippen LogP contribution < -0.4 is 5.32 Å². The number of piperidine rings is 1. The number of nitrogens with zero attached hydrogens (tertiary/aromatic N) is 1. The van der Waals surface area contributed by atoms with Gasteiger partial charge in [0.25, 0.3) is 0 Å². The minimum Gasteiger partial charge on any atom is -0.356 e. The van der Waals surface area contributed by atoms with Gasteiger partial charge >= 0.3 is 0 Å². The summed E-state index contributed by atoms with van der Waals surface area (Å²) in [5.74, 6) is 0.927. The van der Waals surface area contributed by atoms with Crippen LogP contribution in [0.15, 0.2) is 0 Å². The minimum absolute atomic E-state index is 0.0148. The first-order chi connectivity index (χ1) is 11.0. The SMILES string of the molecule is CS(=O)(=O)N1CCC[C@H](C(=O)NCCCSC2CCCCC2)C1. The van der Waals surface area contributed by atoms with Crippen molar-refractivity contribution in [3.05, 3.63) is 0 Å². The van der Waals surface area contributed by atoms with Crippen LogP contribution in [-0.2, 0) is 14.8 Å². The molecule has 0 bridgehead atoms. The molecular weight excluding hydrogens is 332 g/mol. The van der Waals surface area contributed by atoms with E-state index < -0.39 is 10.0 Å². The zero-order valence-corrected chi connectivity index (χ0v) is 15.8. The summed E-state index contributed by atoms with van der Waals surface area (Å²) in [6.07, 6.45) is 10.6. The highest BCUT2D eigenvalue weighted by molar-refractivity contribution is 7.99. The van der Waals surface area contributed by atoms with Crippen LogP contribution >= 0.6 is 11.8 Å². The maximum absolute atomic E-state index is 12.2. The molecule has 1 aliphatic heterocycles. The number of hydrogen-bond donors (Lipinski definition) is 1. The minimum atomic E-state index is -3.18. The molecule has 0 spiro atoms. The molecule has 7 heteroatoms. The highest BCUT2D eigenvalue weighted by Gasteiger charge is 2.29. The van der Waals surface area contributed by atoms with Crippen LogP contribution in [0.3, 0.4) is 0 Å². The highest BCUT2D eigenvalue weighted by atomic mass is 32.2. The fraction of sp³-hybridized carbons (Fsp3) is 0.938. The van der Waals surface area contributed by atoms with Crippen molar-refractivity contribution in [3.8, 4) is 0 Å². The van der Waals surface area contributed by atoms with E-state index in [1.54, 1.807) is 0 Å². The molecule has 1 aliphatic carbocycles. The largest absolute Gasteiger partial charge is 0.356 e. The summed E-state index contributed by atoms with van der Waals surface area (Å²) in [4.78, 5) is 12.2. The monoisotopic (exact) mass is 362 g/mol. The van der Waals surface area contributed by atoms with E-state index in [4.69, 9.17) is 0 Å². The van der Waals surface area contributed by atoms with Crippen LogP contribution in [0.1, 0.15) is 51.4 Å². The quantitative estimate of drug-likeness (QED) is 0.705. The van der Waals surface area contributed by atoms with Crippen molar-refractivity contribution >= 4 is 27.7 Å². The number of nitrogens with one attached hydrogen (secondary N) is 1. The van der Waals surface area contributed by atoms with Crippen LogP contribution in [0.25, 0.3) is 0 Å². The van der Waals surface area contributed by atoms with Gasteiger partial charge in [-0.3, -0.25) is 4.79 Å². The maximum Gasteiger partial charge on any atom is 0.224 e. The Kier molecular flexibility index (Phi) is 7.69. The molecular formula is C16H30N2O3S2. The Labute approximate surface area is 145 Å². The van der Waals surface area contributed by atoms with Gasteiger partial charge in [0.2, 0.25) is 15.9 Å². The number of carbonyl (C=O) groups is 1. The van der Waals surface area contributed by atoms with E-state index in [9.17, 15) is 13.2 Å². The molecule has 2 rings (SSSR count). The molecule has 0 unspecified atom stereocenters. The Morgan fingerprint density at radius 1 is 1.17 bits per heavy atom. The predicted molar refractivity (Wildman–Crippen MR) is 96.1 cm³/mol. The molecule has 2 fully saturated rings. The lowest BCUT2D eigenvalue weighted by molar-refractivity contribution is -0.126. The standard InChI is InChI=1S/C16H30N2O3S2/c1-23(20,21)18-11-5-7-14(13-18)16(19)17-10-6-12-22-15-8-3-2-4-9-15/h14-15H,2-13H2,1H3,(H,17,19)/t14-/m0/s1. The smallest absolute Gasteiger partial charge is 0.224 e. The molecule has 1 N–H and O–H groups in total. The molecule has 0 radical (unpaired) electrons. The summed E-state index contributed by atoms with van der Waals surface area (Å²) in [7, 11) is -3.18. The summed E-state index contributed by atoms with van der Waals surface area (Å²) in [5, 5.41) is 3.81. The van der Waals surface area contributed by atoms with Gasteiger partial charge in [0.15, 0.2) is 0 Å². The molecule has 1 heterocycles. The lowest BCUT2D eigenvalue weighted by Gasteiger charge is -2.30. The maximum atomic E-state index is 12.2. The van der Waals surface area contributed by atoms with Gasteiger partial charge in [0, 0.05) is 24.9 Å². The third-order valence-corrected chi connectivity index (χ3v) is 7.49. The zero-order chi connectivity index (χ0) is 16.7. The van der Waals surface area contributed by atoms with Crippen molar-refractivity contribution in [1.29, 1.82) is 0 Å². The van der Waals surface area contributed by atoms with Crippen molar-refractivity contribution in [3.63, 3.8) is 0 Å². The molecule has 1 amide bonds. The third kappa shape index (κ3) is 6.63. The van der Waals surface area contributed by atoms with E-state index in [0.717, 1.165) is 30.3 Å². The second kappa shape index (κ2) is 9.28. The molecule has 2 aliphatic rings. The van der Waals surface area contributed by atoms with Gasteiger partial charge in [0.1, 0.15) is 0 Å². The molecule has 134 valence electrons. The van der Waals surface area contributed by atoms with Crippen LogP contribution in [0.2, 0.25) is 0 Å². The molecule has 5 nitrogen and oxygen atoms in total. The summed E-state index contributed by atoms with van der Waals surface area (Å²) in [6, 6.07) is 0. The highest BCUT2D eigenvalue weighted by Crippen LogP contribution is 2.28. The van der Waals surface area contributed by atoms with Gasteiger partial charge in [-0.05, 0) is 37.9 Å². The Balaban J connectivity index is 1.60. The average Bonchev–Trinajstić information content (AvgIpc) is 2.54. The van der Waals surface area contributed by atoms with E-state index in [2.05, 4.69) is 5.32 Å². The van der Waals surface area contributed by atoms with E-state index >= 15 is 0 Å². The number of hydrogen-bond acceptors (Lipinski definition) is 4. The van der Waals surface area contributed by atoms with Gasteiger partial charge in [0.05, 0.1) is 12.2 Å². The molecule has 1 saturated heterocycles. The van der Waals surface area contributed by atoms with Crippen LogP contribution in [-0.4, -0.2) is 55.5 Å². The molecule has 23 heavy (non-hydrogen) atoms. The van der Waals surface area contributed by atoms with Gasteiger partial charge in [-0.1, -0.05) is 19.3 Å². The Morgan fingerprint density at radius 3 is 2.61 bits per heavy atom. The van der Waals surface area contributed by atoms with Gasteiger partial charge < -0.3 is 5.32 Å². The Bertz CT molecular complexity index is 476. The van der Waals surface area contributed by atoms with E-state index in [0.29, 0.717) is 19.6 Å². The number of carbonyl (C=O) groups excluding carboxylic acids is 1. The van der Waals surface area contributed by atoms with Crippen LogP contribution in [0.4, 0.5) is 0 Å². The first kappa shape index (κ1) is 19.1. The number of thioether (sulfide) groups is 1. The zero-order valence-electron chi connectivity index (χ0n) is 14.1. The number of amides is 1. The second-order valence-electron chi connectivity index (χ2n) is 6.74. The lowest BCUT2D eigenvalue weighted by Crippen LogP contribution is -2.45. The van der Waals surface area contributed by atoms with E-state index in [1.807, 2.05) is 11.8 Å². The van der Waals surface area contributed by atoms with Crippen molar-refractivity contribution in [2.24, 2.45) is 5.92 Å². The van der Waals surface area contributed by atoms with Crippen molar-refractivity contribution in [1.82, 2.24) is 9.62 Å². The number of rotatable bonds is 7. The first-order valence-corrected chi connectivity index (χ1v) is 11.7. The molecule has 0 aromatic heterocycles. The number of sulfonamides is 1. The Hall–Kier alpha value is -0.270. The normalized spacial score (nSPS) is 24.5. The Morgan fingerprint density at radius 2 is 1.91 bits per heavy atom. The van der Waals surface area contributed by atoms with Gasteiger partial charge in [-0.25, -0.2) is 12.7 Å². The van der Waals surface area contributed by atoms with Crippen molar-refractivity contribution in [2.75, 3.05) is 31.6 Å². The summed E-state index contributed by atoms with van der Waals surface area (Å²) in [5.41, 5.74) is 0. The van der Waals surface area contributed by atoms with Crippen LogP contribution in [0, 0.1) is 5.92 Å². The lowest BCUT2D eigenvalue weighted by atomic mass is 9.99. The van der Waals surface area contributed by atoms with E-state index in [1.165, 1.54) is 42.7 Å². The van der Waals surface area contributed by atoms with E-state index in [-0.39, 0.29) is 11.8 Å². The van der Waals surface area contributed by atoms with Crippen molar-refractivity contribution in [2.45, 2.75) is 56.6 Å². The van der Waals surface area contributed by atoms with Crippen LogP contribution in [0.5, 0.6) is 0 Å². The summed E-state index contributed by atoms with van der Waals surface area (Å²) >= 11 is 2.05. The molecule has 1 saturated carbocycles. The third-order valence-electron chi connectivity index (χ3n) is 4.75. The fourth-order valence-electron chi connectivity index (χ4n) is 3.37. The molecule has 0 aromatic carbocycles. The average molecular weight is 363 g/mol. The second-order valence-corrected chi connectivity index (χ2v) is 10.1. The summed E-state index contributed by atoms with van der Waals surface area (Å²) in [6.45, 7) is 1.58. The molecule has 1 atom stereocenters. The first-order valence-electron chi connectivity index (χ1n) is 8.81. The molecule has 0 aromatic rings. The summed E-state index contributed by atoms with van der Waals surface area (Å²) < 4.78 is 24.6. The topological polar surface area (TPSA) is 66.5 Å². The predicted octanol–water partition coefficient (Wildman–Crippen LogP) is 2.23. The van der Waals surface area contributed by atoms with Crippen molar-refractivity contribution < 1.29 is 13.2 Å². The fourth-order valence-corrected chi connectivity index (χ4v) is 5.59. The van der Waals surface area contributed by atoms with Gasteiger partial charge in [-0.15, -0.1) is 0 Å².